The maximum atomic E-state index is 13.1. The number of piperazine rings is 1. The maximum Gasteiger partial charge on any atom is 0.341 e. The molecule has 10 nitrogen and oxygen atoms in total. The molecule has 0 spiro atoms. The third-order valence-electron chi connectivity index (χ3n) is 6.02. The summed E-state index contributed by atoms with van der Waals surface area (Å²) in [4.78, 5) is 26.8. The quantitative estimate of drug-likeness (QED) is 0.542. The third-order valence-corrected chi connectivity index (χ3v) is 9.04. The van der Waals surface area contributed by atoms with E-state index in [1.807, 2.05) is 13.8 Å². The van der Waals surface area contributed by atoms with E-state index in [1.165, 1.54) is 34.9 Å². The minimum absolute atomic E-state index is 0.164. The van der Waals surface area contributed by atoms with Crippen LogP contribution in [0.15, 0.2) is 23.1 Å². The Morgan fingerprint density at radius 3 is 2.50 bits per heavy atom. The van der Waals surface area contributed by atoms with Gasteiger partial charge in [-0.1, -0.05) is 0 Å². The number of anilines is 1. The summed E-state index contributed by atoms with van der Waals surface area (Å²) in [5.74, 6) is 0.252. The smallest absolute Gasteiger partial charge is 0.341 e. The molecule has 0 bridgehead atoms. The summed E-state index contributed by atoms with van der Waals surface area (Å²) in [5.41, 5.74) is 1.17. The van der Waals surface area contributed by atoms with Gasteiger partial charge in [0.2, 0.25) is 10.0 Å². The fraction of sp³-hybridized carbons (Fsp3) is 0.455. The van der Waals surface area contributed by atoms with Crippen molar-refractivity contribution < 1.29 is 37.1 Å². The highest BCUT2D eigenvalue weighted by atomic mass is 32.2. The van der Waals surface area contributed by atoms with Gasteiger partial charge in [0.05, 0.1) is 43.7 Å². The molecular formula is C22H28N3O7S2+. The van der Waals surface area contributed by atoms with Crippen molar-refractivity contribution in [3.63, 3.8) is 0 Å². The summed E-state index contributed by atoms with van der Waals surface area (Å²) < 4.78 is 43.5. The van der Waals surface area contributed by atoms with Crippen molar-refractivity contribution in [1.29, 1.82) is 0 Å². The monoisotopic (exact) mass is 510 g/mol. The van der Waals surface area contributed by atoms with Crippen LogP contribution in [0.25, 0.3) is 0 Å². The molecule has 184 valence electrons. The van der Waals surface area contributed by atoms with Crippen molar-refractivity contribution in [1.82, 2.24) is 4.31 Å². The van der Waals surface area contributed by atoms with Crippen LogP contribution in [-0.4, -0.2) is 77.6 Å². The summed E-state index contributed by atoms with van der Waals surface area (Å²) in [6.45, 7) is 6.27. The molecule has 1 saturated heterocycles. The van der Waals surface area contributed by atoms with Crippen LogP contribution in [-0.2, 0) is 19.6 Å². The molecule has 2 N–H and O–H groups in total. The van der Waals surface area contributed by atoms with Crippen LogP contribution in [0.3, 0.4) is 0 Å². The highest BCUT2D eigenvalue weighted by Crippen LogP contribution is 2.34. The molecule has 1 aromatic carbocycles. The predicted molar refractivity (Wildman–Crippen MR) is 126 cm³/mol. The van der Waals surface area contributed by atoms with Crippen LogP contribution in [0.1, 0.15) is 20.8 Å². The number of benzene rings is 1. The molecule has 34 heavy (non-hydrogen) atoms. The number of ether oxygens (including phenoxy) is 3. The average molecular weight is 511 g/mol. The Morgan fingerprint density at radius 1 is 1.15 bits per heavy atom. The number of fused-ring (bicyclic) bond motifs is 1. The van der Waals surface area contributed by atoms with Gasteiger partial charge in [0.25, 0.3) is 5.91 Å². The summed E-state index contributed by atoms with van der Waals surface area (Å²) >= 11 is 1.34. The summed E-state index contributed by atoms with van der Waals surface area (Å²) in [6, 6.07) is 4.64. The second kappa shape index (κ2) is 9.90. The van der Waals surface area contributed by atoms with Crippen LogP contribution >= 0.6 is 11.3 Å². The lowest BCUT2D eigenvalue weighted by Crippen LogP contribution is -3.15. The van der Waals surface area contributed by atoms with Crippen molar-refractivity contribution in [2.24, 2.45) is 0 Å². The number of sulfonamides is 1. The molecule has 0 saturated carbocycles. The van der Waals surface area contributed by atoms with Gasteiger partial charge < -0.3 is 24.4 Å². The number of carbonyl (C=O) groups excluding carboxylic acids is 2. The molecule has 2 aromatic rings. The van der Waals surface area contributed by atoms with Gasteiger partial charge in [-0.3, -0.25) is 4.79 Å². The first-order valence-electron chi connectivity index (χ1n) is 10.9. The largest absolute Gasteiger partial charge is 0.486 e. The fourth-order valence-corrected chi connectivity index (χ4v) is 6.54. The van der Waals surface area contributed by atoms with E-state index in [0.717, 1.165) is 15.3 Å². The standard InChI is InChI=1S/C22H27N3O7S2/c1-14-15(2)33-21(20(14)22(27)30-3)23-19(26)13-24-6-8-25(9-7-24)34(28,29)16-4-5-17-18(12-16)32-11-10-31-17/h4-5,12H,6-11,13H2,1-3H3,(H,23,26)/p+1. The van der Waals surface area contributed by atoms with E-state index in [9.17, 15) is 18.0 Å². The number of thiophene rings is 1. The lowest BCUT2D eigenvalue weighted by Gasteiger charge is -2.31. The Kier molecular flexibility index (Phi) is 7.12. The zero-order valence-electron chi connectivity index (χ0n) is 19.3. The second-order valence-electron chi connectivity index (χ2n) is 8.16. The Labute approximate surface area is 202 Å². The van der Waals surface area contributed by atoms with Crippen molar-refractivity contribution >= 4 is 38.2 Å². The van der Waals surface area contributed by atoms with Crippen LogP contribution in [0.2, 0.25) is 0 Å². The molecule has 0 atom stereocenters. The number of esters is 1. The minimum Gasteiger partial charge on any atom is -0.486 e. The molecule has 1 fully saturated rings. The summed E-state index contributed by atoms with van der Waals surface area (Å²) in [5, 5.41) is 3.31. The molecule has 12 heteroatoms. The fourth-order valence-electron chi connectivity index (χ4n) is 4.01. The number of hydrogen-bond donors (Lipinski definition) is 2. The van der Waals surface area contributed by atoms with E-state index in [4.69, 9.17) is 14.2 Å². The number of carbonyl (C=O) groups is 2. The van der Waals surface area contributed by atoms with E-state index in [-0.39, 0.29) is 17.3 Å². The molecular weight excluding hydrogens is 482 g/mol. The summed E-state index contributed by atoms with van der Waals surface area (Å²) in [7, 11) is -2.37. The molecule has 1 amide bonds. The van der Waals surface area contributed by atoms with Gasteiger partial charge in [0.1, 0.15) is 18.2 Å². The van der Waals surface area contributed by atoms with Crippen LogP contribution < -0.4 is 19.7 Å². The predicted octanol–water partition coefficient (Wildman–Crippen LogP) is 0.451. The van der Waals surface area contributed by atoms with Crippen LogP contribution in [0.4, 0.5) is 5.00 Å². The molecule has 2 aliphatic heterocycles. The van der Waals surface area contributed by atoms with Crippen molar-refractivity contribution in [2.75, 3.05) is 58.4 Å². The first kappa shape index (κ1) is 24.5. The van der Waals surface area contributed by atoms with Gasteiger partial charge >= 0.3 is 5.97 Å². The van der Waals surface area contributed by atoms with Gasteiger partial charge in [-0.2, -0.15) is 4.31 Å². The Balaban J connectivity index is 1.36. The van der Waals surface area contributed by atoms with E-state index in [0.29, 0.717) is 61.5 Å². The number of nitrogens with zero attached hydrogens (tertiary/aromatic N) is 1. The summed E-state index contributed by atoms with van der Waals surface area (Å²) in [6.07, 6.45) is 0. The first-order valence-corrected chi connectivity index (χ1v) is 13.2. The SMILES string of the molecule is COC(=O)c1c(NC(=O)C[NH+]2CCN(S(=O)(=O)c3ccc4c(c3)OCCO4)CC2)sc(C)c1C. The maximum absolute atomic E-state index is 13.1. The number of amides is 1. The number of hydrogen-bond acceptors (Lipinski definition) is 8. The van der Waals surface area contributed by atoms with Crippen molar-refractivity contribution in [3.8, 4) is 11.5 Å². The Hall–Kier alpha value is -2.67. The molecule has 0 radical (unpaired) electrons. The van der Waals surface area contributed by atoms with E-state index in [1.54, 1.807) is 6.07 Å². The Bertz CT molecular complexity index is 1200. The van der Waals surface area contributed by atoms with E-state index >= 15 is 0 Å². The van der Waals surface area contributed by atoms with Gasteiger partial charge in [0, 0.05) is 10.9 Å². The second-order valence-corrected chi connectivity index (χ2v) is 11.3. The first-order chi connectivity index (χ1) is 16.2. The van der Waals surface area contributed by atoms with Gasteiger partial charge in [-0.05, 0) is 31.5 Å². The number of aryl methyl sites for hydroxylation is 1. The lowest BCUT2D eigenvalue weighted by molar-refractivity contribution is -0.895. The normalized spacial score (nSPS) is 16.8. The topological polar surface area (TPSA) is 116 Å². The molecule has 1 aromatic heterocycles. The third kappa shape index (κ3) is 4.90. The van der Waals surface area contributed by atoms with Gasteiger partial charge in [0.15, 0.2) is 18.0 Å². The van der Waals surface area contributed by atoms with Crippen LogP contribution in [0.5, 0.6) is 11.5 Å². The highest BCUT2D eigenvalue weighted by molar-refractivity contribution is 7.89. The van der Waals surface area contributed by atoms with Crippen LogP contribution in [0, 0.1) is 13.8 Å². The molecule has 2 aliphatic rings. The molecule has 0 aliphatic carbocycles. The van der Waals surface area contributed by atoms with Gasteiger partial charge in [-0.25, -0.2) is 13.2 Å². The number of rotatable bonds is 6. The zero-order valence-corrected chi connectivity index (χ0v) is 20.9. The van der Waals surface area contributed by atoms with Gasteiger partial charge in [-0.15, -0.1) is 11.3 Å². The number of nitrogens with one attached hydrogen (secondary N) is 2. The minimum atomic E-state index is -3.68. The van der Waals surface area contributed by atoms with E-state index < -0.39 is 16.0 Å². The zero-order chi connectivity index (χ0) is 24.5. The lowest BCUT2D eigenvalue weighted by atomic mass is 10.1. The highest BCUT2D eigenvalue weighted by Gasteiger charge is 2.32. The number of quaternary nitrogens is 1. The molecule has 3 heterocycles. The molecule has 4 rings (SSSR count). The van der Waals surface area contributed by atoms with Crippen molar-refractivity contribution in [3.05, 3.63) is 34.2 Å². The number of methoxy groups -OCH3 is 1. The average Bonchev–Trinajstić information content (AvgIpc) is 3.11. The van der Waals surface area contributed by atoms with Crippen molar-refractivity contribution in [2.45, 2.75) is 18.7 Å². The van der Waals surface area contributed by atoms with E-state index in [2.05, 4.69) is 5.32 Å². The Morgan fingerprint density at radius 2 is 1.82 bits per heavy atom. The molecule has 0 unspecified atom stereocenters.